The van der Waals surface area contributed by atoms with Gasteiger partial charge in [0.1, 0.15) is 5.75 Å². The van der Waals surface area contributed by atoms with Crippen LogP contribution in [-0.2, 0) is 4.79 Å². The molecule has 0 bridgehead atoms. The van der Waals surface area contributed by atoms with Gasteiger partial charge >= 0.3 is 0 Å². The number of rotatable bonds is 7. The topological polar surface area (TPSA) is 53.3 Å². The van der Waals surface area contributed by atoms with E-state index in [0.29, 0.717) is 25.1 Å². The van der Waals surface area contributed by atoms with Crippen molar-refractivity contribution in [2.75, 3.05) is 13.2 Å². The van der Waals surface area contributed by atoms with Crippen LogP contribution in [0.5, 0.6) is 5.75 Å². The van der Waals surface area contributed by atoms with Gasteiger partial charge < -0.3 is 9.64 Å². The van der Waals surface area contributed by atoms with Crippen molar-refractivity contribution in [1.82, 2.24) is 4.90 Å². The lowest BCUT2D eigenvalue weighted by Crippen LogP contribution is -2.34. The zero-order valence-corrected chi connectivity index (χ0v) is 16.0. The van der Waals surface area contributed by atoms with E-state index in [1.165, 1.54) is 5.56 Å². The van der Waals surface area contributed by atoms with Crippen molar-refractivity contribution in [2.45, 2.75) is 40.2 Å². The minimum Gasteiger partial charge on any atom is -0.493 e. The van der Waals surface area contributed by atoms with E-state index in [9.17, 15) is 4.79 Å². The predicted molar refractivity (Wildman–Crippen MR) is 103 cm³/mol. The van der Waals surface area contributed by atoms with E-state index in [1.54, 1.807) is 12.1 Å². The van der Waals surface area contributed by atoms with E-state index in [2.05, 4.69) is 12.1 Å². The monoisotopic (exact) mass is 350 g/mol. The van der Waals surface area contributed by atoms with Crippen molar-refractivity contribution in [2.24, 2.45) is 0 Å². The molecule has 2 aromatic rings. The molecule has 0 aliphatic carbocycles. The maximum Gasteiger partial charge on any atom is 0.226 e. The number of amides is 1. The number of benzene rings is 2. The summed E-state index contributed by atoms with van der Waals surface area (Å²) in [5.74, 6) is 0.890. The van der Waals surface area contributed by atoms with Crippen LogP contribution in [-0.4, -0.2) is 24.0 Å². The molecule has 0 aliphatic heterocycles. The molecule has 0 saturated heterocycles. The van der Waals surface area contributed by atoms with E-state index >= 15 is 0 Å². The van der Waals surface area contributed by atoms with Gasteiger partial charge in [0.2, 0.25) is 5.91 Å². The molecule has 2 aromatic carbocycles. The first-order valence-electron chi connectivity index (χ1n) is 8.95. The molecule has 1 unspecified atom stereocenters. The maximum absolute atomic E-state index is 12.6. The molecule has 26 heavy (non-hydrogen) atoms. The summed E-state index contributed by atoms with van der Waals surface area (Å²) < 4.78 is 5.79. The third-order valence-electron chi connectivity index (χ3n) is 4.55. The number of nitriles is 1. The average molecular weight is 350 g/mol. The molecule has 0 saturated carbocycles. The summed E-state index contributed by atoms with van der Waals surface area (Å²) in [6, 6.07) is 15.5. The van der Waals surface area contributed by atoms with Gasteiger partial charge in [0.25, 0.3) is 0 Å². The predicted octanol–water partition coefficient (Wildman–Crippen LogP) is 4.55. The molecule has 4 nitrogen and oxygen atoms in total. The van der Waals surface area contributed by atoms with Crippen LogP contribution < -0.4 is 4.74 Å². The number of ether oxygens (including phenoxy) is 1. The number of aryl methyl sites for hydroxylation is 2. The van der Waals surface area contributed by atoms with Crippen molar-refractivity contribution < 1.29 is 9.53 Å². The molecule has 136 valence electrons. The molecule has 0 aromatic heterocycles. The summed E-state index contributed by atoms with van der Waals surface area (Å²) >= 11 is 0. The highest BCUT2D eigenvalue weighted by molar-refractivity contribution is 5.76. The van der Waals surface area contributed by atoms with E-state index < -0.39 is 0 Å². The van der Waals surface area contributed by atoms with Gasteiger partial charge in [-0.25, -0.2) is 0 Å². The van der Waals surface area contributed by atoms with Crippen LogP contribution in [0.4, 0.5) is 0 Å². The first kappa shape index (κ1) is 19.5. The number of hydrogen-bond acceptors (Lipinski definition) is 3. The van der Waals surface area contributed by atoms with Crippen molar-refractivity contribution >= 4 is 5.91 Å². The lowest BCUT2D eigenvalue weighted by molar-refractivity contribution is -0.133. The lowest BCUT2D eigenvalue weighted by Gasteiger charge is -2.28. The van der Waals surface area contributed by atoms with Gasteiger partial charge in [0.15, 0.2) is 0 Å². The number of carbonyl (C=O) groups excluding carboxylic acids is 1. The molecule has 0 spiro atoms. The molecule has 0 radical (unpaired) electrons. The number of carbonyl (C=O) groups is 1. The third-order valence-corrected chi connectivity index (χ3v) is 4.55. The molecule has 0 aliphatic rings. The van der Waals surface area contributed by atoms with E-state index in [4.69, 9.17) is 10.00 Å². The fourth-order valence-corrected chi connectivity index (χ4v) is 3.04. The van der Waals surface area contributed by atoms with Crippen LogP contribution in [0.25, 0.3) is 0 Å². The minimum atomic E-state index is -0.0404. The fraction of sp³-hybridized carbons (Fsp3) is 0.364. The van der Waals surface area contributed by atoms with E-state index in [1.807, 2.05) is 56.9 Å². The highest BCUT2D eigenvalue weighted by atomic mass is 16.5. The highest BCUT2D eigenvalue weighted by Gasteiger charge is 2.20. The minimum absolute atomic E-state index is 0.0404. The second-order valence-electron chi connectivity index (χ2n) is 6.46. The van der Waals surface area contributed by atoms with E-state index in [0.717, 1.165) is 16.9 Å². The van der Waals surface area contributed by atoms with Crippen LogP contribution in [0.1, 0.15) is 48.6 Å². The quantitative estimate of drug-likeness (QED) is 0.736. The van der Waals surface area contributed by atoms with Crippen LogP contribution >= 0.6 is 0 Å². The molecule has 1 atom stereocenters. The molecule has 0 N–H and O–H groups in total. The normalized spacial score (nSPS) is 11.5. The fourth-order valence-electron chi connectivity index (χ4n) is 3.04. The largest absolute Gasteiger partial charge is 0.493 e. The Hall–Kier alpha value is -2.80. The Morgan fingerprint density at radius 1 is 1.19 bits per heavy atom. The van der Waals surface area contributed by atoms with Crippen molar-refractivity contribution in [1.29, 1.82) is 5.26 Å². The smallest absolute Gasteiger partial charge is 0.226 e. The highest BCUT2D eigenvalue weighted by Crippen LogP contribution is 2.22. The van der Waals surface area contributed by atoms with Gasteiger partial charge in [-0.3, -0.25) is 4.79 Å². The van der Waals surface area contributed by atoms with Crippen LogP contribution in [0, 0.1) is 25.2 Å². The Morgan fingerprint density at radius 3 is 2.46 bits per heavy atom. The Bertz CT molecular complexity index is 791. The van der Waals surface area contributed by atoms with Gasteiger partial charge in [-0.2, -0.15) is 5.26 Å². The summed E-state index contributed by atoms with van der Waals surface area (Å²) in [4.78, 5) is 14.5. The second kappa shape index (κ2) is 9.05. The van der Waals surface area contributed by atoms with E-state index in [-0.39, 0.29) is 11.9 Å². The van der Waals surface area contributed by atoms with Crippen LogP contribution in [0.3, 0.4) is 0 Å². The maximum atomic E-state index is 12.6. The van der Waals surface area contributed by atoms with Crippen molar-refractivity contribution in [3.63, 3.8) is 0 Å². The zero-order valence-electron chi connectivity index (χ0n) is 16.0. The molecular formula is C22H26N2O2. The standard InChI is InChI=1S/C22H26N2O2/c1-5-24(18(4)20-9-7-19(15-23)8-10-20)22(25)12-13-26-21-11-6-16(2)14-17(21)3/h6-11,14,18H,5,12-13H2,1-4H3. The number of hydrogen-bond donors (Lipinski definition) is 0. The average Bonchev–Trinajstić information content (AvgIpc) is 2.64. The van der Waals surface area contributed by atoms with Crippen LogP contribution in [0.2, 0.25) is 0 Å². The summed E-state index contributed by atoms with van der Waals surface area (Å²) in [6.07, 6.45) is 0.335. The molecule has 2 rings (SSSR count). The molecular weight excluding hydrogens is 324 g/mol. The summed E-state index contributed by atoms with van der Waals surface area (Å²) in [7, 11) is 0. The Kier molecular flexibility index (Phi) is 6.80. The molecule has 0 heterocycles. The first-order valence-corrected chi connectivity index (χ1v) is 8.95. The summed E-state index contributed by atoms with van der Waals surface area (Å²) in [5.41, 5.74) is 3.92. The van der Waals surface area contributed by atoms with Gasteiger partial charge in [0.05, 0.1) is 30.7 Å². The van der Waals surface area contributed by atoms with Crippen molar-refractivity contribution in [3.05, 3.63) is 64.7 Å². The SMILES string of the molecule is CCN(C(=O)CCOc1ccc(C)cc1C)C(C)c1ccc(C#N)cc1. The Labute approximate surface area is 156 Å². The molecule has 1 amide bonds. The Balaban J connectivity index is 1.95. The Morgan fingerprint density at radius 2 is 1.88 bits per heavy atom. The van der Waals surface area contributed by atoms with Gasteiger partial charge in [-0.05, 0) is 57.0 Å². The van der Waals surface area contributed by atoms with Gasteiger partial charge in [-0.1, -0.05) is 29.8 Å². The summed E-state index contributed by atoms with van der Waals surface area (Å²) in [5, 5.41) is 8.91. The lowest BCUT2D eigenvalue weighted by atomic mass is 10.0. The first-order chi connectivity index (χ1) is 12.5. The zero-order chi connectivity index (χ0) is 19.1. The van der Waals surface area contributed by atoms with Gasteiger partial charge in [-0.15, -0.1) is 0 Å². The summed E-state index contributed by atoms with van der Waals surface area (Å²) in [6.45, 7) is 9.03. The van der Waals surface area contributed by atoms with Crippen molar-refractivity contribution in [3.8, 4) is 11.8 Å². The molecule has 0 fully saturated rings. The number of nitrogens with zero attached hydrogens (tertiary/aromatic N) is 2. The third kappa shape index (κ3) is 4.86. The van der Waals surface area contributed by atoms with Crippen LogP contribution in [0.15, 0.2) is 42.5 Å². The molecule has 4 heteroatoms. The second-order valence-corrected chi connectivity index (χ2v) is 6.46. The van der Waals surface area contributed by atoms with Gasteiger partial charge in [0, 0.05) is 6.54 Å².